The summed E-state index contributed by atoms with van der Waals surface area (Å²) in [6.07, 6.45) is 0. The number of thioether (sulfide) groups is 1. The fraction of sp³-hybridized carbons (Fsp3) is 0.286. The maximum Gasteiger partial charge on any atom is 0.240 e. The summed E-state index contributed by atoms with van der Waals surface area (Å²) in [7, 11) is 0. The number of aromatic nitrogens is 3. The largest absolute Gasteiger partial charge is 0.378 e. The zero-order chi connectivity index (χ0) is 20.2. The second kappa shape index (κ2) is 8.67. The molecule has 1 fully saturated rings. The molecule has 1 saturated heterocycles. The molecule has 0 bridgehead atoms. The molecular weight excluding hydrogens is 386 g/mol. The van der Waals surface area contributed by atoms with Crippen molar-refractivity contribution in [3.63, 3.8) is 0 Å². The van der Waals surface area contributed by atoms with Crippen LogP contribution in [0, 0.1) is 6.92 Å². The summed E-state index contributed by atoms with van der Waals surface area (Å²) >= 11 is 1.32. The molecule has 2 heterocycles. The van der Waals surface area contributed by atoms with Crippen LogP contribution in [0.5, 0.6) is 0 Å². The van der Waals surface area contributed by atoms with E-state index in [1.54, 1.807) is 0 Å². The molecule has 1 atom stereocenters. The summed E-state index contributed by atoms with van der Waals surface area (Å²) < 4.78 is 6.84. The van der Waals surface area contributed by atoms with Crippen LogP contribution in [-0.2, 0) is 9.53 Å². The van der Waals surface area contributed by atoms with Gasteiger partial charge in [-0.15, -0.1) is 10.2 Å². The molecule has 7 nitrogen and oxygen atoms in total. The van der Waals surface area contributed by atoms with Crippen molar-refractivity contribution in [2.45, 2.75) is 17.3 Å². The van der Waals surface area contributed by atoms with Crippen molar-refractivity contribution >= 4 is 17.7 Å². The molecule has 29 heavy (non-hydrogen) atoms. The number of morpholine rings is 1. The SMILES string of the molecule is Cc1ccc(-c2nnc(S[C@H](C(=O)N3CCOCC3)c3ccccc3)n2N)cc1. The van der Waals surface area contributed by atoms with Gasteiger partial charge >= 0.3 is 0 Å². The standard InChI is InChI=1S/C21H23N5O2S/c1-15-7-9-17(10-8-15)19-23-24-21(26(19)22)29-18(16-5-3-2-4-6-16)20(27)25-11-13-28-14-12-25/h2-10,18H,11-14,22H2,1H3/t18-/m0/s1. The molecule has 2 N–H and O–H groups in total. The second-order valence-corrected chi connectivity index (χ2v) is 7.96. The number of benzene rings is 2. The van der Waals surface area contributed by atoms with E-state index in [2.05, 4.69) is 10.2 Å². The molecule has 0 radical (unpaired) electrons. The Bertz CT molecular complexity index is 968. The van der Waals surface area contributed by atoms with E-state index in [1.165, 1.54) is 16.4 Å². The van der Waals surface area contributed by atoms with Gasteiger partial charge in [-0.05, 0) is 12.5 Å². The zero-order valence-electron chi connectivity index (χ0n) is 16.2. The third-order valence-corrected chi connectivity index (χ3v) is 6.05. The fourth-order valence-electron chi connectivity index (χ4n) is 3.20. The smallest absolute Gasteiger partial charge is 0.240 e. The maximum absolute atomic E-state index is 13.3. The highest BCUT2D eigenvalue weighted by Gasteiger charge is 2.30. The molecule has 150 valence electrons. The van der Waals surface area contributed by atoms with E-state index < -0.39 is 5.25 Å². The Morgan fingerprint density at radius 3 is 2.45 bits per heavy atom. The lowest BCUT2D eigenvalue weighted by atomic mass is 10.1. The normalized spacial score (nSPS) is 15.3. The lowest BCUT2D eigenvalue weighted by molar-refractivity contribution is -0.134. The van der Waals surface area contributed by atoms with Crippen molar-refractivity contribution in [3.05, 3.63) is 65.7 Å². The van der Waals surface area contributed by atoms with Crippen molar-refractivity contribution in [3.8, 4) is 11.4 Å². The molecule has 0 aliphatic carbocycles. The van der Waals surface area contributed by atoms with Crippen LogP contribution in [-0.4, -0.2) is 52.0 Å². The van der Waals surface area contributed by atoms with Gasteiger partial charge in [-0.25, -0.2) is 4.68 Å². The lowest BCUT2D eigenvalue weighted by Gasteiger charge is -2.30. The summed E-state index contributed by atoms with van der Waals surface area (Å²) in [6.45, 7) is 4.32. The second-order valence-electron chi connectivity index (χ2n) is 6.89. The molecule has 3 aromatic rings. The van der Waals surface area contributed by atoms with Crippen LogP contribution < -0.4 is 5.84 Å². The monoisotopic (exact) mass is 409 g/mol. The summed E-state index contributed by atoms with van der Waals surface area (Å²) in [6, 6.07) is 17.6. The zero-order valence-corrected chi connectivity index (χ0v) is 17.0. The first-order valence-electron chi connectivity index (χ1n) is 9.49. The summed E-state index contributed by atoms with van der Waals surface area (Å²) in [5, 5.41) is 8.56. The van der Waals surface area contributed by atoms with Gasteiger partial charge in [0.1, 0.15) is 5.25 Å². The van der Waals surface area contributed by atoms with Crippen LogP contribution >= 0.6 is 11.8 Å². The quantitative estimate of drug-likeness (QED) is 0.515. The molecule has 1 amide bonds. The molecule has 1 aliphatic heterocycles. The van der Waals surface area contributed by atoms with Gasteiger partial charge in [-0.2, -0.15) is 0 Å². The minimum absolute atomic E-state index is 0.0318. The molecule has 0 saturated carbocycles. The number of rotatable bonds is 5. The number of carbonyl (C=O) groups is 1. The van der Waals surface area contributed by atoms with Crippen molar-refractivity contribution in [2.24, 2.45) is 0 Å². The van der Waals surface area contributed by atoms with E-state index in [-0.39, 0.29) is 5.91 Å². The predicted octanol–water partition coefficient (Wildman–Crippen LogP) is 2.66. The highest BCUT2D eigenvalue weighted by molar-refractivity contribution is 8.00. The number of amides is 1. The first-order chi connectivity index (χ1) is 14.1. The van der Waals surface area contributed by atoms with Crippen molar-refractivity contribution < 1.29 is 9.53 Å². The minimum atomic E-state index is -0.452. The Kier molecular flexibility index (Phi) is 5.82. The molecule has 0 spiro atoms. The Morgan fingerprint density at radius 2 is 1.76 bits per heavy atom. The van der Waals surface area contributed by atoms with Crippen LogP contribution in [0.4, 0.5) is 0 Å². The Labute approximate surface area is 173 Å². The number of aryl methyl sites for hydroxylation is 1. The number of carbonyl (C=O) groups excluding carboxylic acids is 1. The summed E-state index contributed by atoms with van der Waals surface area (Å²) in [5.41, 5.74) is 2.95. The van der Waals surface area contributed by atoms with E-state index in [1.807, 2.05) is 66.4 Å². The van der Waals surface area contributed by atoms with Crippen molar-refractivity contribution in [2.75, 3.05) is 32.1 Å². The van der Waals surface area contributed by atoms with Crippen molar-refractivity contribution in [1.29, 1.82) is 0 Å². The Morgan fingerprint density at radius 1 is 1.07 bits per heavy atom. The van der Waals surface area contributed by atoms with Gasteiger partial charge < -0.3 is 15.5 Å². The molecular formula is C21H23N5O2S. The van der Waals surface area contributed by atoms with E-state index in [9.17, 15) is 4.79 Å². The predicted molar refractivity (Wildman–Crippen MR) is 113 cm³/mol. The van der Waals surface area contributed by atoms with Gasteiger partial charge in [-0.1, -0.05) is 71.9 Å². The van der Waals surface area contributed by atoms with Gasteiger partial charge in [0.25, 0.3) is 0 Å². The highest BCUT2D eigenvalue weighted by atomic mass is 32.2. The average Bonchev–Trinajstić information content (AvgIpc) is 3.13. The summed E-state index contributed by atoms with van der Waals surface area (Å²) in [4.78, 5) is 15.1. The lowest BCUT2D eigenvalue weighted by Crippen LogP contribution is -2.42. The van der Waals surface area contributed by atoms with Gasteiger partial charge in [0.2, 0.25) is 11.1 Å². The topological polar surface area (TPSA) is 86.3 Å². The molecule has 4 rings (SSSR count). The molecule has 8 heteroatoms. The van der Waals surface area contributed by atoms with Gasteiger partial charge in [0, 0.05) is 18.7 Å². The Hall–Kier alpha value is -2.84. The van der Waals surface area contributed by atoms with Gasteiger partial charge in [0.05, 0.1) is 13.2 Å². The number of hydrogen-bond acceptors (Lipinski definition) is 6. The van der Waals surface area contributed by atoms with E-state index in [0.29, 0.717) is 37.3 Å². The van der Waals surface area contributed by atoms with Crippen LogP contribution in [0.3, 0.4) is 0 Å². The molecule has 0 unspecified atom stereocenters. The van der Waals surface area contributed by atoms with Gasteiger partial charge in [-0.3, -0.25) is 4.79 Å². The van der Waals surface area contributed by atoms with Crippen LogP contribution in [0.25, 0.3) is 11.4 Å². The number of nitrogens with zero attached hydrogens (tertiary/aromatic N) is 4. The summed E-state index contributed by atoms with van der Waals surface area (Å²) in [5.74, 6) is 6.90. The van der Waals surface area contributed by atoms with Crippen LogP contribution in [0.1, 0.15) is 16.4 Å². The van der Waals surface area contributed by atoms with E-state index in [4.69, 9.17) is 10.6 Å². The Balaban J connectivity index is 1.62. The third kappa shape index (κ3) is 4.28. The minimum Gasteiger partial charge on any atom is -0.378 e. The first kappa shape index (κ1) is 19.5. The number of nitrogens with two attached hydrogens (primary N) is 1. The van der Waals surface area contributed by atoms with Crippen LogP contribution in [0.15, 0.2) is 59.8 Å². The molecule has 1 aromatic heterocycles. The van der Waals surface area contributed by atoms with E-state index >= 15 is 0 Å². The maximum atomic E-state index is 13.3. The number of ether oxygens (including phenoxy) is 1. The van der Waals surface area contributed by atoms with Crippen LogP contribution in [0.2, 0.25) is 0 Å². The first-order valence-corrected chi connectivity index (χ1v) is 10.4. The molecule has 1 aliphatic rings. The number of hydrogen-bond donors (Lipinski definition) is 1. The fourth-order valence-corrected chi connectivity index (χ4v) is 4.24. The third-order valence-electron chi connectivity index (χ3n) is 4.85. The van der Waals surface area contributed by atoms with Gasteiger partial charge in [0.15, 0.2) is 5.82 Å². The van der Waals surface area contributed by atoms with Crippen molar-refractivity contribution in [1.82, 2.24) is 19.8 Å². The number of nitrogen functional groups attached to an aromatic ring is 1. The highest BCUT2D eigenvalue weighted by Crippen LogP contribution is 2.36. The average molecular weight is 410 g/mol. The van der Waals surface area contributed by atoms with E-state index in [0.717, 1.165) is 16.7 Å². The molecule has 2 aromatic carbocycles.